The summed E-state index contributed by atoms with van der Waals surface area (Å²) in [6.07, 6.45) is 0.958. The Hall–Kier alpha value is -2.31. The minimum absolute atomic E-state index is 0.00542. The number of fused-ring (bicyclic) bond motifs is 4. The quantitative estimate of drug-likeness (QED) is 0.866. The van der Waals surface area contributed by atoms with Crippen molar-refractivity contribution in [2.24, 2.45) is 11.8 Å². The predicted molar refractivity (Wildman–Crippen MR) is 87.9 cm³/mol. The molecule has 1 aromatic heterocycles. The average Bonchev–Trinajstić information content (AvgIpc) is 2.52. The number of amides is 2. The van der Waals surface area contributed by atoms with Gasteiger partial charge in [0.15, 0.2) is 0 Å². The van der Waals surface area contributed by atoms with Crippen LogP contribution >= 0.6 is 0 Å². The summed E-state index contributed by atoms with van der Waals surface area (Å²) >= 11 is 0. The summed E-state index contributed by atoms with van der Waals surface area (Å²) in [7, 11) is 0. The number of likely N-dealkylation sites (tertiary alicyclic amines) is 1. The van der Waals surface area contributed by atoms with Gasteiger partial charge in [-0.05, 0) is 24.3 Å². The first-order valence-electron chi connectivity index (χ1n) is 8.34. The van der Waals surface area contributed by atoms with E-state index < -0.39 is 12.0 Å². The third-order valence-corrected chi connectivity index (χ3v) is 4.98. The molecule has 1 aromatic rings. The minimum atomic E-state index is -1.02. The molecule has 3 atom stereocenters. The minimum Gasteiger partial charge on any atom is -0.480 e. The molecule has 3 unspecified atom stereocenters. The smallest absolute Gasteiger partial charge is 0.326 e. The van der Waals surface area contributed by atoms with Gasteiger partial charge < -0.3 is 19.9 Å². The molecule has 0 radical (unpaired) electrons. The number of hydrogen-bond acceptors (Lipinski definition) is 3. The maximum atomic E-state index is 12.5. The van der Waals surface area contributed by atoms with Gasteiger partial charge in [-0.3, -0.25) is 4.79 Å². The summed E-state index contributed by atoms with van der Waals surface area (Å²) in [5.74, 6) is -0.855. The lowest BCUT2D eigenvalue weighted by Gasteiger charge is -2.43. The molecule has 2 amide bonds. The molecule has 0 spiro atoms. The van der Waals surface area contributed by atoms with Gasteiger partial charge in [0.05, 0.1) is 0 Å². The average molecular weight is 333 g/mol. The highest BCUT2D eigenvalue weighted by Gasteiger charge is 2.37. The van der Waals surface area contributed by atoms with Crippen molar-refractivity contribution in [1.29, 1.82) is 0 Å². The van der Waals surface area contributed by atoms with Gasteiger partial charge in [-0.1, -0.05) is 19.9 Å². The molecule has 1 saturated heterocycles. The van der Waals surface area contributed by atoms with Crippen LogP contribution < -0.4 is 10.9 Å². The largest absolute Gasteiger partial charge is 0.480 e. The first-order valence-corrected chi connectivity index (χ1v) is 8.34. The summed E-state index contributed by atoms with van der Waals surface area (Å²) in [5, 5.41) is 11.9. The number of aromatic nitrogens is 1. The number of hydrogen-bond donors (Lipinski definition) is 2. The van der Waals surface area contributed by atoms with Gasteiger partial charge in [-0.25, -0.2) is 9.59 Å². The number of carboxylic acids is 1. The second kappa shape index (κ2) is 6.30. The Labute approximate surface area is 140 Å². The first kappa shape index (κ1) is 16.5. The molecule has 2 N–H and O–H groups in total. The lowest BCUT2D eigenvalue weighted by molar-refractivity contribution is -0.140. The van der Waals surface area contributed by atoms with Gasteiger partial charge >= 0.3 is 12.0 Å². The zero-order valence-corrected chi connectivity index (χ0v) is 13.9. The molecule has 2 aliphatic heterocycles. The number of piperidine rings is 1. The van der Waals surface area contributed by atoms with Gasteiger partial charge in [0.1, 0.15) is 6.04 Å². The van der Waals surface area contributed by atoms with Crippen LogP contribution in [-0.4, -0.2) is 45.7 Å². The molecule has 7 nitrogen and oxygen atoms in total. The molecule has 0 aliphatic carbocycles. The molecule has 1 fully saturated rings. The third kappa shape index (κ3) is 3.02. The number of nitrogens with zero attached hydrogens (tertiary/aromatic N) is 2. The number of rotatable bonds is 3. The molecule has 3 heterocycles. The summed E-state index contributed by atoms with van der Waals surface area (Å²) in [5.41, 5.74) is 0.973. The van der Waals surface area contributed by atoms with Gasteiger partial charge in [-0.2, -0.15) is 0 Å². The number of nitrogens with one attached hydrogen (secondary N) is 1. The van der Waals surface area contributed by atoms with Crippen molar-refractivity contribution < 1.29 is 14.7 Å². The standard InChI is InChI=1S/C17H23N3O4/c1-10(2)15(16(22)23)18-17(24)19-7-11-6-12(9-19)13-4-3-5-14(21)20(13)8-11/h3-5,10-12,15H,6-9H2,1-2H3,(H,18,24)(H,22,23). The number of pyridine rings is 1. The second-order valence-electron chi connectivity index (χ2n) is 7.11. The summed E-state index contributed by atoms with van der Waals surface area (Å²) in [6.45, 7) is 5.21. The van der Waals surface area contributed by atoms with Crippen LogP contribution in [0, 0.1) is 11.8 Å². The van der Waals surface area contributed by atoms with Crippen LogP contribution in [-0.2, 0) is 11.3 Å². The zero-order chi connectivity index (χ0) is 17.4. The Morgan fingerprint density at radius 3 is 2.67 bits per heavy atom. The molecule has 24 heavy (non-hydrogen) atoms. The predicted octanol–water partition coefficient (Wildman–Crippen LogP) is 1.09. The molecule has 2 bridgehead atoms. The summed E-state index contributed by atoms with van der Waals surface area (Å²) in [6, 6.07) is 4.03. The van der Waals surface area contributed by atoms with Crippen molar-refractivity contribution in [3.8, 4) is 0 Å². The fourth-order valence-electron chi connectivity index (χ4n) is 3.80. The van der Waals surface area contributed by atoms with Gasteiger partial charge in [-0.15, -0.1) is 0 Å². The molecule has 3 rings (SSSR count). The Kier molecular flexibility index (Phi) is 4.34. The molecule has 7 heteroatoms. The number of carboxylic acid groups (broad SMARTS) is 1. The second-order valence-corrected chi connectivity index (χ2v) is 7.11. The summed E-state index contributed by atoms with van der Waals surface area (Å²) in [4.78, 5) is 37.5. The Bertz CT molecular complexity index is 712. The Morgan fingerprint density at radius 2 is 2.00 bits per heavy atom. The van der Waals surface area contributed by atoms with Crippen molar-refractivity contribution in [3.05, 3.63) is 34.2 Å². The van der Waals surface area contributed by atoms with Crippen LogP contribution in [0.25, 0.3) is 0 Å². The van der Waals surface area contributed by atoms with E-state index in [1.165, 1.54) is 0 Å². The maximum Gasteiger partial charge on any atom is 0.326 e. The van der Waals surface area contributed by atoms with Crippen molar-refractivity contribution in [3.63, 3.8) is 0 Å². The van der Waals surface area contributed by atoms with E-state index >= 15 is 0 Å². The number of carbonyl (C=O) groups is 2. The van der Waals surface area contributed by atoms with Crippen molar-refractivity contribution >= 4 is 12.0 Å². The number of aliphatic carboxylic acids is 1. The first-order chi connectivity index (χ1) is 11.4. The van der Waals surface area contributed by atoms with E-state index in [9.17, 15) is 19.5 Å². The van der Waals surface area contributed by atoms with E-state index in [0.29, 0.717) is 19.6 Å². The molecule has 0 aromatic carbocycles. The van der Waals surface area contributed by atoms with Crippen LogP contribution in [0.3, 0.4) is 0 Å². The molecule has 2 aliphatic rings. The molecular formula is C17H23N3O4. The van der Waals surface area contributed by atoms with E-state index in [4.69, 9.17) is 0 Å². The van der Waals surface area contributed by atoms with E-state index in [2.05, 4.69) is 5.32 Å². The number of urea groups is 1. The Balaban J connectivity index is 1.76. The Morgan fingerprint density at radius 1 is 1.25 bits per heavy atom. The highest BCUT2D eigenvalue weighted by Crippen LogP contribution is 2.34. The van der Waals surface area contributed by atoms with Gasteiger partial charge in [0, 0.05) is 37.3 Å². The normalized spacial score (nSPS) is 23.5. The molecule has 130 valence electrons. The van der Waals surface area contributed by atoms with Crippen molar-refractivity contribution in [2.45, 2.75) is 38.8 Å². The van der Waals surface area contributed by atoms with Gasteiger partial charge in [0.25, 0.3) is 5.56 Å². The number of carbonyl (C=O) groups excluding carboxylic acids is 1. The highest BCUT2D eigenvalue weighted by molar-refractivity contribution is 5.82. The fraction of sp³-hybridized carbons (Fsp3) is 0.588. The maximum absolute atomic E-state index is 12.5. The van der Waals surface area contributed by atoms with Crippen LogP contribution in [0.15, 0.2) is 23.0 Å². The van der Waals surface area contributed by atoms with Crippen LogP contribution in [0.5, 0.6) is 0 Å². The lowest BCUT2D eigenvalue weighted by atomic mass is 9.83. The van der Waals surface area contributed by atoms with E-state index in [1.807, 2.05) is 10.6 Å². The fourth-order valence-corrected chi connectivity index (χ4v) is 3.80. The van der Waals surface area contributed by atoms with Crippen molar-refractivity contribution in [1.82, 2.24) is 14.8 Å². The van der Waals surface area contributed by atoms with E-state index in [0.717, 1.165) is 12.1 Å². The summed E-state index contributed by atoms with van der Waals surface area (Å²) < 4.78 is 1.81. The zero-order valence-electron chi connectivity index (χ0n) is 13.9. The molecular weight excluding hydrogens is 310 g/mol. The third-order valence-electron chi connectivity index (χ3n) is 4.98. The van der Waals surface area contributed by atoms with Crippen molar-refractivity contribution in [2.75, 3.05) is 13.1 Å². The lowest BCUT2D eigenvalue weighted by Crippen LogP contribution is -2.55. The monoisotopic (exact) mass is 333 g/mol. The van der Waals surface area contributed by atoms with Gasteiger partial charge in [0.2, 0.25) is 0 Å². The topological polar surface area (TPSA) is 91.6 Å². The molecule has 0 saturated carbocycles. The van der Waals surface area contributed by atoms with Crippen LogP contribution in [0.2, 0.25) is 0 Å². The SMILES string of the molecule is CC(C)C(NC(=O)N1CC2CC(C1)c1cccc(=O)n1C2)C(=O)O. The van der Waals surface area contributed by atoms with Crippen LogP contribution in [0.1, 0.15) is 31.9 Å². The van der Waals surface area contributed by atoms with Crippen LogP contribution in [0.4, 0.5) is 4.79 Å². The van der Waals surface area contributed by atoms with E-state index in [1.54, 1.807) is 30.9 Å². The highest BCUT2D eigenvalue weighted by atomic mass is 16.4. The van der Waals surface area contributed by atoms with E-state index in [-0.39, 0.29) is 29.3 Å².